The third-order valence-electron chi connectivity index (χ3n) is 6.35. The maximum absolute atomic E-state index is 14.8. The van der Waals surface area contributed by atoms with Crippen LogP contribution in [0.4, 0.5) is 21.7 Å². The Bertz CT molecular complexity index is 1040. The number of halogens is 1. The van der Waals surface area contributed by atoms with E-state index < -0.39 is 0 Å². The van der Waals surface area contributed by atoms with Crippen LogP contribution >= 0.6 is 0 Å². The third kappa shape index (κ3) is 4.50. The molecule has 2 aliphatic rings. The third-order valence-corrected chi connectivity index (χ3v) is 6.35. The Hall–Kier alpha value is -2.71. The van der Waals surface area contributed by atoms with Crippen molar-refractivity contribution in [2.45, 2.75) is 19.4 Å². The molecule has 5 rings (SSSR count). The summed E-state index contributed by atoms with van der Waals surface area (Å²) in [6, 6.07) is 7.31. The van der Waals surface area contributed by atoms with E-state index in [0.717, 1.165) is 69.8 Å². The van der Waals surface area contributed by atoms with Gasteiger partial charge < -0.3 is 24.4 Å². The van der Waals surface area contributed by atoms with E-state index in [1.165, 1.54) is 6.07 Å². The number of nitrogens with zero attached hydrogens (tertiary/aromatic N) is 5. The predicted octanol–water partition coefficient (Wildman–Crippen LogP) is 3.49. The topological polar surface area (TPSA) is 58.5 Å². The van der Waals surface area contributed by atoms with Gasteiger partial charge in [-0.15, -0.1) is 0 Å². The second kappa shape index (κ2) is 8.80. The zero-order valence-corrected chi connectivity index (χ0v) is 17.9. The molecule has 0 amide bonds. The van der Waals surface area contributed by atoms with E-state index in [0.29, 0.717) is 23.2 Å². The molecule has 2 aromatic heterocycles. The first-order valence-corrected chi connectivity index (χ1v) is 11.1. The van der Waals surface area contributed by atoms with Crippen LogP contribution in [0.5, 0.6) is 0 Å². The summed E-state index contributed by atoms with van der Waals surface area (Å²) in [6.07, 6.45) is 6.05. The largest absolute Gasteiger partial charge is 0.381 e. The van der Waals surface area contributed by atoms with Crippen molar-refractivity contribution >= 4 is 28.4 Å². The van der Waals surface area contributed by atoms with Crippen LogP contribution in [0.25, 0.3) is 11.0 Å². The first kappa shape index (κ1) is 20.2. The molecule has 1 N–H and O–H groups in total. The summed E-state index contributed by atoms with van der Waals surface area (Å²) < 4.78 is 22.5. The number of rotatable bonds is 5. The average molecular weight is 425 g/mol. The molecule has 8 heteroatoms. The molecule has 2 fully saturated rings. The minimum atomic E-state index is -0.224. The molecule has 1 aromatic carbocycles. The molecule has 0 spiro atoms. The van der Waals surface area contributed by atoms with Crippen LogP contribution in [0.2, 0.25) is 0 Å². The molecule has 2 aliphatic heterocycles. The van der Waals surface area contributed by atoms with Crippen LogP contribution in [0.3, 0.4) is 0 Å². The lowest BCUT2D eigenvalue weighted by Gasteiger charge is -2.34. The van der Waals surface area contributed by atoms with Gasteiger partial charge in [0.25, 0.3) is 0 Å². The Morgan fingerprint density at radius 2 is 1.94 bits per heavy atom. The summed E-state index contributed by atoms with van der Waals surface area (Å²) in [5.74, 6) is 0.858. The smallest absolute Gasteiger partial charge is 0.229 e. The second-order valence-corrected chi connectivity index (χ2v) is 8.58. The van der Waals surface area contributed by atoms with Gasteiger partial charge in [-0.1, -0.05) is 0 Å². The molecular formula is C23H29FN6O. The number of fused-ring (bicyclic) bond motifs is 1. The molecule has 3 aromatic rings. The average Bonchev–Trinajstić information content (AvgIpc) is 3.17. The van der Waals surface area contributed by atoms with Crippen LogP contribution in [0, 0.1) is 11.7 Å². The van der Waals surface area contributed by atoms with E-state index in [1.54, 1.807) is 0 Å². The number of nitrogens with one attached hydrogen (secondary N) is 1. The standard InChI is InChI=1S/C23H29FN6O/c1-28-8-10-29(11-9-28)21-3-2-19(14-20(21)24)26-23-25-15-18-4-7-30(22(18)27-23)16-17-5-12-31-13-6-17/h2-4,7,14-15,17H,5-6,8-13,16H2,1H3,(H,25,26,27). The van der Waals surface area contributed by atoms with E-state index in [9.17, 15) is 4.39 Å². The van der Waals surface area contributed by atoms with Gasteiger partial charge in [0.1, 0.15) is 11.5 Å². The summed E-state index contributed by atoms with van der Waals surface area (Å²) in [5.41, 5.74) is 2.20. The summed E-state index contributed by atoms with van der Waals surface area (Å²) in [4.78, 5) is 13.5. The first-order valence-electron chi connectivity index (χ1n) is 11.1. The summed E-state index contributed by atoms with van der Waals surface area (Å²) >= 11 is 0. The van der Waals surface area contributed by atoms with Gasteiger partial charge in [0.15, 0.2) is 0 Å². The summed E-state index contributed by atoms with van der Waals surface area (Å²) in [6.45, 7) is 6.16. The zero-order chi connectivity index (χ0) is 21.2. The highest BCUT2D eigenvalue weighted by Crippen LogP contribution is 2.26. The Kier molecular flexibility index (Phi) is 5.74. The molecule has 0 radical (unpaired) electrons. The van der Waals surface area contributed by atoms with Crippen LogP contribution in [-0.4, -0.2) is 65.9 Å². The number of benzene rings is 1. The number of hydrogen-bond donors (Lipinski definition) is 1. The molecule has 31 heavy (non-hydrogen) atoms. The lowest BCUT2D eigenvalue weighted by Crippen LogP contribution is -2.44. The van der Waals surface area contributed by atoms with Crippen LogP contribution < -0.4 is 10.2 Å². The molecule has 0 unspecified atom stereocenters. The van der Waals surface area contributed by atoms with Crippen LogP contribution in [0.1, 0.15) is 12.8 Å². The molecule has 0 atom stereocenters. The molecular weight excluding hydrogens is 395 g/mol. The molecule has 4 heterocycles. The molecule has 7 nitrogen and oxygen atoms in total. The SMILES string of the molecule is CN1CCN(c2ccc(Nc3ncc4ccn(CC5CCOCC5)c4n3)cc2F)CC1. The van der Waals surface area contributed by atoms with Gasteiger partial charge >= 0.3 is 0 Å². The molecule has 0 aliphatic carbocycles. The highest BCUT2D eigenvalue weighted by atomic mass is 19.1. The number of aromatic nitrogens is 3. The maximum Gasteiger partial charge on any atom is 0.229 e. The molecule has 0 saturated carbocycles. The minimum absolute atomic E-state index is 0.224. The maximum atomic E-state index is 14.8. The minimum Gasteiger partial charge on any atom is -0.381 e. The zero-order valence-electron chi connectivity index (χ0n) is 17.9. The lowest BCUT2D eigenvalue weighted by atomic mass is 10.0. The van der Waals surface area contributed by atoms with Crippen molar-refractivity contribution in [3.8, 4) is 0 Å². The number of anilines is 3. The van der Waals surface area contributed by atoms with Gasteiger partial charge in [-0.05, 0) is 50.1 Å². The summed E-state index contributed by atoms with van der Waals surface area (Å²) in [7, 11) is 2.09. The Morgan fingerprint density at radius 3 is 2.71 bits per heavy atom. The Morgan fingerprint density at radius 1 is 1.13 bits per heavy atom. The first-order chi connectivity index (χ1) is 15.2. The van der Waals surface area contributed by atoms with E-state index in [4.69, 9.17) is 9.72 Å². The highest BCUT2D eigenvalue weighted by Gasteiger charge is 2.18. The Labute approximate surface area is 181 Å². The fraction of sp³-hybridized carbons (Fsp3) is 0.478. The fourth-order valence-corrected chi connectivity index (χ4v) is 4.40. The van der Waals surface area contributed by atoms with Gasteiger partial charge in [-0.25, -0.2) is 9.37 Å². The fourth-order valence-electron chi connectivity index (χ4n) is 4.40. The van der Waals surface area contributed by atoms with Crippen molar-refractivity contribution in [2.75, 3.05) is 56.7 Å². The number of piperazine rings is 1. The molecule has 2 saturated heterocycles. The van der Waals surface area contributed by atoms with Crippen molar-refractivity contribution in [1.82, 2.24) is 19.4 Å². The highest BCUT2D eigenvalue weighted by molar-refractivity contribution is 5.77. The monoisotopic (exact) mass is 424 g/mol. The van der Waals surface area contributed by atoms with Gasteiger partial charge in [-0.2, -0.15) is 4.98 Å². The number of ether oxygens (including phenoxy) is 1. The van der Waals surface area contributed by atoms with Crippen molar-refractivity contribution in [3.05, 3.63) is 42.5 Å². The van der Waals surface area contributed by atoms with E-state index >= 15 is 0 Å². The van der Waals surface area contributed by atoms with E-state index in [-0.39, 0.29) is 5.82 Å². The van der Waals surface area contributed by atoms with Gasteiger partial charge in [0.05, 0.1) is 5.69 Å². The van der Waals surface area contributed by atoms with Crippen LogP contribution in [0.15, 0.2) is 36.7 Å². The van der Waals surface area contributed by atoms with Gasteiger partial charge in [-0.3, -0.25) is 0 Å². The second-order valence-electron chi connectivity index (χ2n) is 8.58. The normalized spacial score (nSPS) is 18.6. The van der Waals surface area contributed by atoms with Crippen molar-refractivity contribution < 1.29 is 9.13 Å². The lowest BCUT2D eigenvalue weighted by molar-refractivity contribution is 0.0616. The van der Waals surface area contributed by atoms with Crippen molar-refractivity contribution in [3.63, 3.8) is 0 Å². The molecule has 0 bridgehead atoms. The van der Waals surface area contributed by atoms with Gasteiger partial charge in [0, 0.05) is 69.4 Å². The predicted molar refractivity (Wildman–Crippen MR) is 120 cm³/mol. The quantitative estimate of drug-likeness (QED) is 0.677. The Balaban J connectivity index is 1.31. The molecule has 164 valence electrons. The van der Waals surface area contributed by atoms with E-state index in [2.05, 4.69) is 37.9 Å². The van der Waals surface area contributed by atoms with Crippen molar-refractivity contribution in [1.29, 1.82) is 0 Å². The van der Waals surface area contributed by atoms with Crippen molar-refractivity contribution in [2.24, 2.45) is 5.92 Å². The van der Waals surface area contributed by atoms with Crippen LogP contribution in [-0.2, 0) is 11.3 Å². The summed E-state index contributed by atoms with van der Waals surface area (Å²) in [5, 5.41) is 4.18. The number of likely N-dealkylation sites (N-methyl/N-ethyl adjacent to an activating group) is 1. The van der Waals surface area contributed by atoms with Gasteiger partial charge in [0.2, 0.25) is 5.95 Å². The number of hydrogen-bond acceptors (Lipinski definition) is 6. The van der Waals surface area contributed by atoms with E-state index in [1.807, 2.05) is 24.4 Å².